The molecule has 1 atom stereocenters. The Hall–Kier alpha value is -2.78. The highest BCUT2D eigenvalue weighted by Gasteiger charge is 2.17. The van der Waals surface area contributed by atoms with E-state index in [0.717, 1.165) is 16.2 Å². The number of carbonyl (C=O) groups is 2. The summed E-state index contributed by atoms with van der Waals surface area (Å²) in [4.78, 5) is 28.5. The number of nitrogens with one attached hydrogen (secondary N) is 1. The number of rotatable bonds is 7. The molecule has 0 radical (unpaired) electrons. The van der Waals surface area contributed by atoms with E-state index >= 15 is 0 Å². The standard InChI is InChI=1S/C18H17N3O2S/c1-2-4-16(17(19)22)21-18(23)14-6-8-15(9-7-14)24-12-13-5-3-10-20-11-13/h1,3,5-11,16H,4,12H2,(H2,19,22)(H,21,23)/t16-/m1/s1. The summed E-state index contributed by atoms with van der Waals surface area (Å²) >= 11 is 1.65. The number of benzene rings is 1. The number of amides is 2. The molecule has 2 rings (SSSR count). The number of nitrogens with two attached hydrogens (primary N) is 1. The molecular formula is C18H17N3O2S. The second-order valence-electron chi connectivity index (χ2n) is 5.01. The fourth-order valence-corrected chi connectivity index (χ4v) is 2.77. The summed E-state index contributed by atoms with van der Waals surface area (Å²) in [6, 6.07) is 10.2. The van der Waals surface area contributed by atoms with Crippen LogP contribution in [0.1, 0.15) is 22.3 Å². The van der Waals surface area contributed by atoms with Gasteiger partial charge in [-0.05, 0) is 35.9 Å². The number of terminal acetylenes is 1. The molecule has 0 unspecified atom stereocenters. The van der Waals surface area contributed by atoms with E-state index in [2.05, 4.69) is 16.2 Å². The first-order valence-corrected chi connectivity index (χ1v) is 8.24. The van der Waals surface area contributed by atoms with Gasteiger partial charge in [0.1, 0.15) is 6.04 Å². The maximum atomic E-state index is 12.1. The summed E-state index contributed by atoms with van der Waals surface area (Å²) in [6.45, 7) is 0. The number of thioether (sulfide) groups is 1. The van der Waals surface area contributed by atoms with Gasteiger partial charge in [-0.25, -0.2) is 0 Å². The Morgan fingerprint density at radius 3 is 2.62 bits per heavy atom. The van der Waals surface area contributed by atoms with Crippen LogP contribution < -0.4 is 11.1 Å². The van der Waals surface area contributed by atoms with E-state index in [1.165, 1.54) is 0 Å². The van der Waals surface area contributed by atoms with E-state index in [4.69, 9.17) is 12.2 Å². The van der Waals surface area contributed by atoms with Gasteiger partial charge < -0.3 is 11.1 Å². The molecule has 0 saturated carbocycles. The minimum Gasteiger partial charge on any atom is -0.368 e. The number of aromatic nitrogens is 1. The zero-order valence-electron chi connectivity index (χ0n) is 12.9. The van der Waals surface area contributed by atoms with Gasteiger partial charge in [-0.3, -0.25) is 14.6 Å². The maximum absolute atomic E-state index is 12.1. The van der Waals surface area contributed by atoms with Crippen molar-refractivity contribution in [2.75, 3.05) is 0 Å². The minimum atomic E-state index is -0.859. The van der Waals surface area contributed by atoms with Crippen LogP contribution in [-0.2, 0) is 10.5 Å². The third-order valence-electron chi connectivity index (χ3n) is 3.22. The lowest BCUT2D eigenvalue weighted by molar-refractivity contribution is -0.119. The molecule has 0 fully saturated rings. The summed E-state index contributed by atoms with van der Waals surface area (Å²) in [5.41, 5.74) is 6.79. The normalized spacial score (nSPS) is 11.3. The number of hydrogen-bond donors (Lipinski definition) is 2. The first-order chi connectivity index (χ1) is 11.6. The Balaban J connectivity index is 1.94. The summed E-state index contributed by atoms with van der Waals surface area (Å²) in [5, 5.41) is 2.54. The zero-order chi connectivity index (χ0) is 17.4. The smallest absolute Gasteiger partial charge is 0.251 e. The van der Waals surface area contributed by atoms with Crippen molar-refractivity contribution in [3.8, 4) is 12.3 Å². The van der Waals surface area contributed by atoms with Crippen LogP contribution in [0.3, 0.4) is 0 Å². The van der Waals surface area contributed by atoms with Crippen molar-refractivity contribution in [3.05, 3.63) is 59.9 Å². The third-order valence-corrected chi connectivity index (χ3v) is 4.30. The first kappa shape index (κ1) is 17.6. The van der Waals surface area contributed by atoms with Gasteiger partial charge in [0.2, 0.25) is 5.91 Å². The molecule has 122 valence electrons. The first-order valence-electron chi connectivity index (χ1n) is 7.25. The molecule has 5 nitrogen and oxygen atoms in total. The van der Waals surface area contributed by atoms with Gasteiger partial charge in [0, 0.05) is 35.0 Å². The van der Waals surface area contributed by atoms with E-state index in [9.17, 15) is 9.59 Å². The maximum Gasteiger partial charge on any atom is 0.251 e. The van der Waals surface area contributed by atoms with Crippen molar-refractivity contribution < 1.29 is 9.59 Å². The molecular weight excluding hydrogens is 322 g/mol. The average molecular weight is 339 g/mol. The fourth-order valence-electron chi connectivity index (χ4n) is 1.93. The molecule has 3 N–H and O–H groups in total. The van der Waals surface area contributed by atoms with Gasteiger partial charge in [0.25, 0.3) is 5.91 Å². The molecule has 0 spiro atoms. The molecule has 0 aliphatic carbocycles. The number of nitrogens with zero attached hydrogens (tertiary/aromatic N) is 1. The molecule has 0 saturated heterocycles. The second kappa shape index (κ2) is 8.75. The molecule has 1 aromatic carbocycles. The van der Waals surface area contributed by atoms with Crippen molar-refractivity contribution in [3.63, 3.8) is 0 Å². The van der Waals surface area contributed by atoms with Gasteiger partial charge >= 0.3 is 0 Å². The SMILES string of the molecule is C#CC[C@@H](NC(=O)c1ccc(SCc2cccnc2)cc1)C(N)=O. The van der Waals surface area contributed by atoms with Gasteiger partial charge in [-0.1, -0.05) is 6.07 Å². The number of carbonyl (C=O) groups excluding carboxylic acids is 2. The van der Waals surface area contributed by atoms with Crippen LogP contribution in [0.2, 0.25) is 0 Å². The average Bonchev–Trinajstić information content (AvgIpc) is 2.60. The molecule has 1 aromatic heterocycles. The van der Waals surface area contributed by atoms with E-state index in [1.54, 1.807) is 30.1 Å². The summed E-state index contributed by atoms with van der Waals surface area (Å²) in [5.74, 6) is 2.10. The van der Waals surface area contributed by atoms with Crippen LogP contribution in [0.5, 0.6) is 0 Å². The molecule has 0 aliphatic rings. The van der Waals surface area contributed by atoms with Crippen LogP contribution in [0.15, 0.2) is 53.7 Å². The second-order valence-corrected chi connectivity index (χ2v) is 6.06. The van der Waals surface area contributed by atoms with Crippen LogP contribution in [0.25, 0.3) is 0 Å². The van der Waals surface area contributed by atoms with Crippen molar-refractivity contribution in [2.24, 2.45) is 5.73 Å². The van der Waals surface area contributed by atoms with E-state index in [0.29, 0.717) is 5.56 Å². The Bertz CT molecular complexity index is 739. The Morgan fingerprint density at radius 2 is 2.04 bits per heavy atom. The van der Waals surface area contributed by atoms with Gasteiger partial charge in [-0.2, -0.15) is 0 Å². The summed E-state index contributed by atoms with van der Waals surface area (Å²) < 4.78 is 0. The van der Waals surface area contributed by atoms with E-state index in [-0.39, 0.29) is 12.3 Å². The lowest BCUT2D eigenvalue weighted by Crippen LogP contribution is -2.44. The highest BCUT2D eigenvalue weighted by atomic mass is 32.2. The van der Waals surface area contributed by atoms with Crippen LogP contribution in [0, 0.1) is 12.3 Å². The Kier molecular flexibility index (Phi) is 6.41. The highest BCUT2D eigenvalue weighted by Crippen LogP contribution is 2.22. The van der Waals surface area contributed by atoms with Gasteiger partial charge in [0.15, 0.2) is 0 Å². The van der Waals surface area contributed by atoms with Crippen LogP contribution >= 0.6 is 11.8 Å². The van der Waals surface area contributed by atoms with Gasteiger partial charge in [-0.15, -0.1) is 24.1 Å². The molecule has 1 heterocycles. The van der Waals surface area contributed by atoms with Crippen molar-refractivity contribution in [1.29, 1.82) is 0 Å². The molecule has 0 aliphatic heterocycles. The third kappa shape index (κ3) is 5.14. The predicted molar refractivity (Wildman–Crippen MR) is 94.1 cm³/mol. The quantitative estimate of drug-likeness (QED) is 0.597. The Morgan fingerprint density at radius 1 is 1.29 bits per heavy atom. The summed E-state index contributed by atoms with van der Waals surface area (Å²) in [6.07, 6.45) is 8.80. The number of pyridine rings is 1. The lowest BCUT2D eigenvalue weighted by Gasteiger charge is -2.13. The number of hydrogen-bond acceptors (Lipinski definition) is 4. The summed E-state index contributed by atoms with van der Waals surface area (Å²) in [7, 11) is 0. The predicted octanol–water partition coefficient (Wildman–Crippen LogP) is 1.98. The zero-order valence-corrected chi connectivity index (χ0v) is 13.8. The Labute approximate surface area is 145 Å². The largest absolute Gasteiger partial charge is 0.368 e. The van der Waals surface area contributed by atoms with Crippen LogP contribution in [0.4, 0.5) is 0 Å². The monoisotopic (exact) mass is 339 g/mol. The lowest BCUT2D eigenvalue weighted by atomic mass is 10.1. The van der Waals surface area contributed by atoms with E-state index < -0.39 is 11.9 Å². The molecule has 6 heteroatoms. The van der Waals surface area contributed by atoms with Gasteiger partial charge in [0.05, 0.1) is 0 Å². The van der Waals surface area contributed by atoms with Crippen LogP contribution in [-0.4, -0.2) is 22.8 Å². The topological polar surface area (TPSA) is 85.1 Å². The van der Waals surface area contributed by atoms with Crippen molar-refractivity contribution in [1.82, 2.24) is 10.3 Å². The van der Waals surface area contributed by atoms with Crippen molar-refractivity contribution >= 4 is 23.6 Å². The van der Waals surface area contributed by atoms with E-state index in [1.807, 2.05) is 30.5 Å². The highest BCUT2D eigenvalue weighted by molar-refractivity contribution is 7.98. The molecule has 0 bridgehead atoms. The minimum absolute atomic E-state index is 0.0696. The molecule has 2 amide bonds. The van der Waals surface area contributed by atoms with Crippen molar-refractivity contribution in [2.45, 2.75) is 23.1 Å². The number of primary amides is 1. The fraction of sp³-hybridized carbons (Fsp3) is 0.167. The molecule has 24 heavy (non-hydrogen) atoms. The molecule has 2 aromatic rings.